The monoisotopic (exact) mass is 270 g/mol. The highest BCUT2D eigenvalue weighted by Gasteiger charge is 2.34. The van der Waals surface area contributed by atoms with Gasteiger partial charge in [-0.25, -0.2) is 9.50 Å². The zero-order valence-corrected chi connectivity index (χ0v) is 10.1. The molecule has 0 aromatic carbocycles. The third kappa shape index (κ3) is 2.36. The number of halogens is 3. The largest absolute Gasteiger partial charge is 0.435 e. The van der Waals surface area contributed by atoms with Crippen molar-refractivity contribution in [1.29, 1.82) is 0 Å². The molecule has 1 N–H and O–H groups in total. The number of hydrogen-bond acceptors (Lipinski definition) is 3. The number of fused-ring (bicyclic) bond motifs is 1. The maximum Gasteiger partial charge on any atom is 0.435 e. The summed E-state index contributed by atoms with van der Waals surface area (Å²) in [6.07, 6.45) is 2.80. The van der Waals surface area contributed by atoms with E-state index in [1.165, 1.54) is 16.9 Å². The maximum atomic E-state index is 12.6. The molecule has 3 rings (SSSR count). The van der Waals surface area contributed by atoms with Crippen LogP contribution < -0.4 is 5.32 Å². The van der Waals surface area contributed by atoms with Crippen molar-refractivity contribution < 1.29 is 13.2 Å². The van der Waals surface area contributed by atoms with Crippen LogP contribution in [0, 0.1) is 0 Å². The van der Waals surface area contributed by atoms with Crippen LogP contribution in [0.5, 0.6) is 0 Å². The molecule has 2 heterocycles. The first kappa shape index (κ1) is 12.3. The molecule has 0 amide bonds. The summed E-state index contributed by atoms with van der Waals surface area (Å²) in [6, 6.07) is 1.33. The molecule has 2 aromatic rings. The average Bonchev–Trinajstić information content (AvgIpc) is 2.96. The Labute approximate surface area is 107 Å². The molecule has 1 saturated carbocycles. The van der Waals surface area contributed by atoms with Crippen LogP contribution in [0.2, 0.25) is 0 Å². The molecule has 1 aliphatic carbocycles. The summed E-state index contributed by atoms with van der Waals surface area (Å²) in [7, 11) is 0. The van der Waals surface area contributed by atoms with Gasteiger partial charge in [0.05, 0.1) is 0 Å². The fourth-order valence-corrected chi connectivity index (χ4v) is 2.44. The van der Waals surface area contributed by atoms with Gasteiger partial charge in [0.15, 0.2) is 11.5 Å². The standard InChI is InChI=1S/C12H13F3N4/c13-12(14,15)10-7-9-11(16-5-6-19(9)18-10)17-8-3-1-2-4-8/h5-8H,1-4H2,(H,16,17). The molecule has 19 heavy (non-hydrogen) atoms. The van der Waals surface area contributed by atoms with E-state index >= 15 is 0 Å². The third-order valence-electron chi connectivity index (χ3n) is 3.38. The Balaban J connectivity index is 1.97. The van der Waals surface area contributed by atoms with Crippen LogP contribution in [0.15, 0.2) is 18.5 Å². The van der Waals surface area contributed by atoms with Crippen LogP contribution in [-0.4, -0.2) is 20.6 Å². The smallest absolute Gasteiger partial charge is 0.366 e. The van der Waals surface area contributed by atoms with Crippen molar-refractivity contribution in [2.24, 2.45) is 0 Å². The molecule has 0 saturated heterocycles. The molecule has 0 radical (unpaired) electrons. The minimum atomic E-state index is -4.43. The van der Waals surface area contributed by atoms with E-state index in [1.807, 2.05) is 0 Å². The van der Waals surface area contributed by atoms with Crippen LogP contribution in [0.1, 0.15) is 31.4 Å². The lowest BCUT2D eigenvalue weighted by atomic mass is 10.2. The Morgan fingerprint density at radius 2 is 2.00 bits per heavy atom. The van der Waals surface area contributed by atoms with Gasteiger partial charge in [0.2, 0.25) is 0 Å². The van der Waals surface area contributed by atoms with Crippen LogP contribution in [0.4, 0.5) is 19.0 Å². The topological polar surface area (TPSA) is 42.2 Å². The lowest BCUT2D eigenvalue weighted by molar-refractivity contribution is -0.141. The molecular formula is C12H13F3N4. The highest BCUT2D eigenvalue weighted by atomic mass is 19.4. The van der Waals surface area contributed by atoms with Gasteiger partial charge in [-0.3, -0.25) is 0 Å². The zero-order valence-electron chi connectivity index (χ0n) is 10.1. The van der Waals surface area contributed by atoms with Gasteiger partial charge in [0.1, 0.15) is 5.52 Å². The first-order valence-corrected chi connectivity index (χ1v) is 6.22. The second-order valence-electron chi connectivity index (χ2n) is 4.76. The molecule has 102 valence electrons. The number of rotatable bonds is 2. The van der Waals surface area contributed by atoms with E-state index in [0.717, 1.165) is 31.7 Å². The normalized spacial score (nSPS) is 17.2. The molecule has 0 bridgehead atoms. The third-order valence-corrected chi connectivity index (χ3v) is 3.38. The first-order valence-electron chi connectivity index (χ1n) is 6.22. The highest BCUT2D eigenvalue weighted by Crippen LogP contribution is 2.30. The van der Waals surface area contributed by atoms with Crippen LogP contribution >= 0.6 is 0 Å². The van der Waals surface area contributed by atoms with E-state index in [0.29, 0.717) is 17.4 Å². The SMILES string of the molecule is FC(F)(F)c1cc2c(NC3CCCC3)nccn2n1. The maximum absolute atomic E-state index is 12.6. The number of alkyl halides is 3. The molecular weight excluding hydrogens is 257 g/mol. The quantitative estimate of drug-likeness (QED) is 0.911. The number of aromatic nitrogens is 3. The van der Waals surface area contributed by atoms with Gasteiger partial charge in [-0.2, -0.15) is 18.3 Å². The van der Waals surface area contributed by atoms with Gasteiger partial charge < -0.3 is 5.32 Å². The van der Waals surface area contributed by atoms with Crippen molar-refractivity contribution in [3.05, 3.63) is 24.2 Å². The van der Waals surface area contributed by atoms with E-state index in [1.54, 1.807) is 0 Å². The van der Waals surface area contributed by atoms with E-state index in [2.05, 4.69) is 15.4 Å². The van der Waals surface area contributed by atoms with Gasteiger partial charge in [0, 0.05) is 24.5 Å². The van der Waals surface area contributed by atoms with Crippen LogP contribution in [-0.2, 0) is 6.18 Å². The second-order valence-corrected chi connectivity index (χ2v) is 4.76. The Bertz CT molecular complexity index is 584. The van der Waals surface area contributed by atoms with E-state index in [4.69, 9.17) is 0 Å². The van der Waals surface area contributed by atoms with Crippen molar-refractivity contribution >= 4 is 11.3 Å². The molecule has 7 heteroatoms. The fraction of sp³-hybridized carbons (Fsp3) is 0.500. The molecule has 0 atom stereocenters. The van der Waals surface area contributed by atoms with E-state index < -0.39 is 11.9 Å². The molecule has 0 unspecified atom stereocenters. The van der Waals surface area contributed by atoms with Gasteiger partial charge >= 0.3 is 6.18 Å². The highest BCUT2D eigenvalue weighted by molar-refractivity contribution is 5.68. The second kappa shape index (κ2) is 4.40. The average molecular weight is 270 g/mol. The van der Waals surface area contributed by atoms with Crippen molar-refractivity contribution in [2.75, 3.05) is 5.32 Å². The van der Waals surface area contributed by atoms with E-state index in [-0.39, 0.29) is 0 Å². The molecule has 2 aromatic heterocycles. The zero-order chi connectivity index (χ0) is 13.5. The van der Waals surface area contributed by atoms with Gasteiger partial charge in [-0.05, 0) is 12.8 Å². The summed E-state index contributed by atoms with van der Waals surface area (Å²) in [6.45, 7) is 0. The Hall–Kier alpha value is -1.79. The number of hydrogen-bond donors (Lipinski definition) is 1. The molecule has 1 fully saturated rings. The minimum absolute atomic E-state index is 0.294. The molecule has 0 aliphatic heterocycles. The summed E-state index contributed by atoms with van der Waals surface area (Å²) in [5, 5.41) is 6.74. The van der Waals surface area contributed by atoms with Crippen molar-refractivity contribution in [2.45, 2.75) is 37.9 Å². The van der Waals surface area contributed by atoms with Crippen molar-refractivity contribution in [3.8, 4) is 0 Å². The van der Waals surface area contributed by atoms with E-state index in [9.17, 15) is 13.2 Å². The summed E-state index contributed by atoms with van der Waals surface area (Å²) in [4.78, 5) is 4.13. The van der Waals surface area contributed by atoms with Gasteiger partial charge in [0.25, 0.3) is 0 Å². The van der Waals surface area contributed by atoms with Crippen LogP contribution in [0.25, 0.3) is 5.52 Å². The summed E-state index contributed by atoms with van der Waals surface area (Å²) in [5.41, 5.74) is -0.531. The van der Waals surface area contributed by atoms with Gasteiger partial charge in [-0.1, -0.05) is 12.8 Å². The molecule has 0 spiro atoms. The molecule has 1 aliphatic rings. The summed E-state index contributed by atoms with van der Waals surface area (Å²) >= 11 is 0. The fourth-order valence-electron chi connectivity index (χ4n) is 2.44. The first-order chi connectivity index (χ1) is 9.04. The van der Waals surface area contributed by atoms with Gasteiger partial charge in [-0.15, -0.1) is 0 Å². The number of nitrogens with zero attached hydrogens (tertiary/aromatic N) is 3. The molecule has 4 nitrogen and oxygen atoms in total. The lowest BCUT2D eigenvalue weighted by Gasteiger charge is -2.12. The number of nitrogens with one attached hydrogen (secondary N) is 1. The van der Waals surface area contributed by atoms with Crippen molar-refractivity contribution in [1.82, 2.24) is 14.6 Å². The lowest BCUT2D eigenvalue weighted by Crippen LogP contribution is -2.16. The van der Waals surface area contributed by atoms with Crippen molar-refractivity contribution in [3.63, 3.8) is 0 Å². The Morgan fingerprint density at radius 3 is 2.68 bits per heavy atom. The summed E-state index contributed by atoms with van der Waals surface area (Å²) < 4.78 is 39.2. The predicted molar refractivity (Wildman–Crippen MR) is 63.9 cm³/mol. The Kier molecular flexibility index (Phi) is 2.83. The minimum Gasteiger partial charge on any atom is -0.366 e. The van der Waals surface area contributed by atoms with Crippen LogP contribution in [0.3, 0.4) is 0 Å². The Morgan fingerprint density at radius 1 is 1.26 bits per heavy atom. The summed E-state index contributed by atoms with van der Waals surface area (Å²) in [5.74, 6) is 0.470. The predicted octanol–water partition coefficient (Wildman–Crippen LogP) is 3.10. The number of anilines is 1.